The first-order valence-electron chi connectivity index (χ1n) is 4.69. The van der Waals surface area contributed by atoms with E-state index < -0.39 is 37.3 Å². The molecule has 6 nitrogen and oxygen atoms in total. The van der Waals surface area contributed by atoms with Crippen LogP contribution in [0, 0.1) is 0 Å². The van der Waals surface area contributed by atoms with Gasteiger partial charge in [-0.3, -0.25) is 0 Å². The Morgan fingerprint density at radius 2 is 1.87 bits per heavy atom. The molecule has 0 aromatic heterocycles. The fraction of sp³-hybridized carbons (Fsp3) is 0.778. The van der Waals surface area contributed by atoms with Gasteiger partial charge in [-0.05, 0) is 6.92 Å². The zero-order valence-electron chi connectivity index (χ0n) is 8.35. The van der Waals surface area contributed by atoms with Gasteiger partial charge in [0.2, 0.25) is 6.29 Å². The van der Waals surface area contributed by atoms with Crippen LogP contribution in [0.3, 0.4) is 0 Å². The van der Waals surface area contributed by atoms with E-state index in [9.17, 15) is 15.3 Å². The molecule has 0 saturated carbocycles. The molecule has 0 amide bonds. The molecule has 1 fully saturated rings. The van der Waals surface area contributed by atoms with E-state index in [1.165, 1.54) is 6.26 Å². The number of hydrogen-bond donors (Lipinski definition) is 4. The van der Waals surface area contributed by atoms with Gasteiger partial charge in [-0.1, -0.05) is 6.08 Å². The minimum absolute atomic E-state index is 0.458. The zero-order valence-corrected chi connectivity index (χ0v) is 8.35. The van der Waals surface area contributed by atoms with Crippen LogP contribution in [0.2, 0.25) is 0 Å². The number of rotatable bonds is 3. The Bertz CT molecular complexity index is 217. The fourth-order valence-corrected chi connectivity index (χ4v) is 1.34. The third-order valence-electron chi connectivity index (χ3n) is 2.20. The molecule has 0 aromatic rings. The number of hydrogen-bond acceptors (Lipinski definition) is 6. The summed E-state index contributed by atoms with van der Waals surface area (Å²) in [6.07, 6.45) is -3.23. The molecule has 1 aliphatic rings. The smallest absolute Gasteiger partial charge is 0.228 e. The van der Waals surface area contributed by atoms with E-state index in [1.807, 2.05) is 0 Å². The van der Waals surface area contributed by atoms with Gasteiger partial charge in [-0.15, -0.1) is 0 Å². The van der Waals surface area contributed by atoms with Gasteiger partial charge in [-0.25, -0.2) is 0 Å². The van der Waals surface area contributed by atoms with Crippen molar-refractivity contribution in [2.24, 2.45) is 0 Å². The van der Waals surface area contributed by atoms with Gasteiger partial charge in [0, 0.05) is 0 Å². The lowest BCUT2D eigenvalue weighted by molar-refractivity contribution is -0.287. The van der Waals surface area contributed by atoms with E-state index in [2.05, 4.69) is 0 Å². The van der Waals surface area contributed by atoms with E-state index in [0.29, 0.717) is 0 Å². The second-order valence-corrected chi connectivity index (χ2v) is 3.30. The van der Waals surface area contributed by atoms with Crippen LogP contribution in [0.1, 0.15) is 6.92 Å². The van der Waals surface area contributed by atoms with Crippen molar-refractivity contribution in [2.45, 2.75) is 37.6 Å². The van der Waals surface area contributed by atoms with Gasteiger partial charge in [0.1, 0.15) is 24.4 Å². The van der Waals surface area contributed by atoms with Crippen molar-refractivity contribution >= 4 is 0 Å². The Morgan fingerprint density at radius 1 is 1.20 bits per heavy atom. The lowest BCUT2D eigenvalue weighted by Crippen LogP contribution is -2.58. The van der Waals surface area contributed by atoms with Gasteiger partial charge < -0.3 is 29.9 Å². The quantitative estimate of drug-likeness (QED) is 0.425. The fourth-order valence-electron chi connectivity index (χ4n) is 1.34. The largest absolute Gasteiger partial charge is 0.470 e. The molecule has 5 atom stereocenters. The highest BCUT2D eigenvalue weighted by atomic mass is 16.7. The molecule has 0 bridgehead atoms. The lowest BCUT2D eigenvalue weighted by atomic mass is 9.99. The Labute approximate surface area is 87.4 Å². The monoisotopic (exact) mass is 220 g/mol. The highest BCUT2D eigenvalue weighted by Gasteiger charge is 2.44. The molecular formula is C9H16O6. The first-order chi connectivity index (χ1) is 7.11. The van der Waals surface area contributed by atoms with Gasteiger partial charge in [0.05, 0.1) is 12.9 Å². The molecule has 15 heavy (non-hydrogen) atoms. The molecule has 1 unspecified atom stereocenters. The summed E-state index contributed by atoms with van der Waals surface area (Å²) in [6, 6.07) is 0. The summed E-state index contributed by atoms with van der Waals surface area (Å²) in [7, 11) is 0. The van der Waals surface area contributed by atoms with E-state index in [1.54, 1.807) is 13.0 Å². The average molecular weight is 220 g/mol. The van der Waals surface area contributed by atoms with E-state index in [4.69, 9.17) is 14.6 Å². The summed E-state index contributed by atoms with van der Waals surface area (Å²) in [6.45, 7) is 1.25. The second kappa shape index (κ2) is 5.43. The van der Waals surface area contributed by atoms with E-state index in [-0.39, 0.29) is 0 Å². The van der Waals surface area contributed by atoms with Crippen LogP contribution in [0.25, 0.3) is 0 Å². The predicted octanol–water partition coefficient (Wildman–Crippen LogP) is -1.66. The summed E-state index contributed by atoms with van der Waals surface area (Å²) >= 11 is 0. The first kappa shape index (κ1) is 12.4. The Kier molecular flexibility index (Phi) is 4.49. The molecule has 0 radical (unpaired) electrons. The molecule has 0 spiro atoms. The minimum atomic E-state index is -1.40. The third kappa shape index (κ3) is 2.67. The van der Waals surface area contributed by atoms with Gasteiger partial charge in [0.25, 0.3) is 0 Å². The summed E-state index contributed by atoms with van der Waals surface area (Å²) in [5, 5.41) is 37.1. The predicted molar refractivity (Wildman–Crippen MR) is 49.7 cm³/mol. The standard InChI is InChI=1S/C9H16O6/c1-2-3-14-9-8(13)7(12)6(11)5(4-10)15-9/h2-3,5-13H,4H2,1H3/t5-,6+,7+,8-,9?/m1/s1. The van der Waals surface area contributed by atoms with E-state index in [0.717, 1.165) is 0 Å². The van der Waals surface area contributed by atoms with Crippen molar-refractivity contribution in [3.05, 3.63) is 12.3 Å². The van der Waals surface area contributed by atoms with Gasteiger partial charge in [0.15, 0.2) is 0 Å². The normalized spacial score (nSPS) is 42.1. The van der Waals surface area contributed by atoms with Crippen LogP contribution in [0.4, 0.5) is 0 Å². The van der Waals surface area contributed by atoms with Gasteiger partial charge >= 0.3 is 0 Å². The van der Waals surface area contributed by atoms with Crippen LogP contribution in [-0.4, -0.2) is 57.7 Å². The topological polar surface area (TPSA) is 99.4 Å². The molecule has 1 rings (SSSR count). The van der Waals surface area contributed by atoms with Gasteiger partial charge in [-0.2, -0.15) is 0 Å². The molecule has 1 heterocycles. The van der Waals surface area contributed by atoms with Crippen LogP contribution in [-0.2, 0) is 9.47 Å². The molecule has 6 heteroatoms. The Morgan fingerprint density at radius 3 is 2.40 bits per heavy atom. The van der Waals surface area contributed by atoms with Crippen LogP contribution < -0.4 is 0 Å². The second-order valence-electron chi connectivity index (χ2n) is 3.30. The zero-order chi connectivity index (χ0) is 11.4. The van der Waals surface area contributed by atoms with Crippen molar-refractivity contribution in [3.8, 4) is 0 Å². The van der Waals surface area contributed by atoms with Crippen molar-refractivity contribution in [1.82, 2.24) is 0 Å². The molecular weight excluding hydrogens is 204 g/mol. The van der Waals surface area contributed by atoms with Crippen molar-refractivity contribution in [2.75, 3.05) is 6.61 Å². The van der Waals surface area contributed by atoms with E-state index >= 15 is 0 Å². The first-order valence-corrected chi connectivity index (χ1v) is 4.69. The minimum Gasteiger partial charge on any atom is -0.470 e. The Hall–Kier alpha value is -0.660. The number of aliphatic hydroxyl groups is 4. The molecule has 0 aromatic carbocycles. The molecule has 0 aliphatic carbocycles. The van der Waals surface area contributed by atoms with Crippen LogP contribution in [0.15, 0.2) is 12.3 Å². The summed E-state index contributed by atoms with van der Waals surface area (Å²) in [5.74, 6) is 0. The SMILES string of the molecule is CC=COC1O[C@H](CO)[C@H](O)[C@H](O)[C@H]1O. The maximum Gasteiger partial charge on any atom is 0.228 e. The summed E-state index contributed by atoms with van der Waals surface area (Å²) in [4.78, 5) is 0. The summed E-state index contributed by atoms with van der Waals surface area (Å²) < 4.78 is 10.0. The maximum atomic E-state index is 9.47. The maximum absolute atomic E-state index is 9.47. The third-order valence-corrected chi connectivity index (χ3v) is 2.20. The van der Waals surface area contributed by atoms with Crippen LogP contribution >= 0.6 is 0 Å². The van der Waals surface area contributed by atoms with Crippen molar-refractivity contribution in [1.29, 1.82) is 0 Å². The lowest BCUT2D eigenvalue weighted by Gasteiger charge is -2.38. The highest BCUT2D eigenvalue weighted by Crippen LogP contribution is 2.21. The molecule has 4 N–H and O–H groups in total. The average Bonchev–Trinajstić information content (AvgIpc) is 2.25. The molecule has 1 aliphatic heterocycles. The number of allylic oxidation sites excluding steroid dienone is 1. The number of aliphatic hydroxyl groups excluding tert-OH is 4. The molecule has 1 saturated heterocycles. The van der Waals surface area contributed by atoms with Crippen molar-refractivity contribution in [3.63, 3.8) is 0 Å². The number of ether oxygens (including phenoxy) is 2. The van der Waals surface area contributed by atoms with Crippen molar-refractivity contribution < 1.29 is 29.9 Å². The summed E-state index contributed by atoms with van der Waals surface area (Å²) in [5.41, 5.74) is 0. The molecule has 88 valence electrons. The highest BCUT2D eigenvalue weighted by molar-refractivity contribution is 4.89. The van der Waals surface area contributed by atoms with Crippen LogP contribution in [0.5, 0.6) is 0 Å². The Balaban J connectivity index is 2.65.